The molecular formula is C18H17NO4. The predicted molar refractivity (Wildman–Crippen MR) is 87.4 cm³/mol. The minimum absolute atomic E-state index is 0.328. The first kappa shape index (κ1) is 16.3. The van der Waals surface area contributed by atoms with Crippen LogP contribution in [0.1, 0.15) is 6.92 Å². The van der Waals surface area contributed by atoms with Gasteiger partial charge in [0.2, 0.25) is 0 Å². The smallest absolute Gasteiger partial charge is 0.330 e. The van der Waals surface area contributed by atoms with Crippen molar-refractivity contribution in [3.63, 3.8) is 0 Å². The lowest BCUT2D eigenvalue weighted by molar-refractivity contribution is -0.142. The van der Waals surface area contributed by atoms with E-state index < -0.39 is 11.9 Å². The van der Waals surface area contributed by atoms with Gasteiger partial charge in [-0.05, 0) is 43.3 Å². The van der Waals surface area contributed by atoms with Crippen LogP contribution in [0.4, 0.5) is 5.69 Å². The largest absolute Gasteiger partial charge is 0.457 e. The zero-order chi connectivity index (χ0) is 16.5. The van der Waals surface area contributed by atoms with Crippen molar-refractivity contribution in [3.8, 4) is 11.5 Å². The predicted octanol–water partition coefficient (Wildman–Crippen LogP) is 3.54. The van der Waals surface area contributed by atoms with Crippen molar-refractivity contribution in [2.45, 2.75) is 6.92 Å². The van der Waals surface area contributed by atoms with Crippen LogP contribution in [0.15, 0.2) is 66.7 Å². The summed E-state index contributed by atoms with van der Waals surface area (Å²) >= 11 is 0. The number of carbonyl (C=O) groups excluding carboxylic acids is 2. The number of hydrogen-bond acceptors (Lipinski definition) is 4. The zero-order valence-corrected chi connectivity index (χ0v) is 12.7. The lowest BCUT2D eigenvalue weighted by Crippen LogP contribution is -2.20. The molecule has 0 radical (unpaired) electrons. The maximum Gasteiger partial charge on any atom is 0.330 e. The molecule has 5 heteroatoms. The Kier molecular flexibility index (Phi) is 5.94. The van der Waals surface area contributed by atoms with Gasteiger partial charge in [-0.25, -0.2) is 4.79 Å². The second kappa shape index (κ2) is 8.38. The number of nitrogens with one attached hydrogen (secondary N) is 1. The number of carbonyl (C=O) groups is 2. The summed E-state index contributed by atoms with van der Waals surface area (Å²) < 4.78 is 10.4. The highest BCUT2D eigenvalue weighted by Gasteiger charge is 2.05. The molecule has 0 unspecified atom stereocenters. The molecule has 0 saturated heterocycles. The molecule has 0 aliphatic carbocycles. The second-order valence-electron chi connectivity index (χ2n) is 4.60. The third kappa shape index (κ3) is 5.67. The maximum atomic E-state index is 11.7. The van der Waals surface area contributed by atoms with Gasteiger partial charge in [-0.15, -0.1) is 0 Å². The number of ether oxygens (including phenoxy) is 2. The summed E-state index contributed by atoms with van der Waals surface area (Å²) in [5, 5.41) is 2.63. The molecule has 2 aromatic carbocycles. The Balaban J connectivity index is 1.85. The first-order valence-corrected chi connectivity index (χ1v) is 7.09. The number of amides is 1. The second-order valence-corrected chi connectivity index (χ2v) is 4.60. The normalized spacial score (nSPS) is 10.3. The first-order chi connectivity index (χ1) is 11.2. The molecule has 2 aromatic rings. The van der Waals surface area contributed by atoms with Crippen LogP contribution in [0.5, 0.6) is 11.5 Å². The van der Waals surface area contributed by atoms with Gasteiger partial charge in [-0.2, -0.15) is 0 Å². The van der Waals surface area contributed by atoms with E-state index in [0.29, 0.717) is 11.4 Å². The van der Waals surface area contributed by atoms with Crippen LogP contribution in [0.2, 0.25) is 0 Å². The molecule has 0 atom stereocenters. The highest BCUT2D eigenvalue weighted by molar-refractivity contribution is 5.93. The lowest BCUT2D eigenvalue weighted by atomic mass is 10.3. The van der Waals surface area contributed by atoms with E-state index in [1.807, 2.05) is 30.3 Å². The van der Waals surface area contributed by atoms with Gasteiger partial charge in [-0.3, -0.25) is 4.79 Å². The summed E-state index contributed by atoms with van der Waals surface area (Å²) in [6.07, 6.45) is 2.80. The highest BCUT2D eigenvalue weighted by atomic mass is 16.5. The van der Waals surface area contributed by atoms with Crippen LogP contribution in [0, 0.1) is 0 Å². The van der Waals surface area contributed by atoms with Crippen LogP contribution in [-0.4, -0.2) is 18.5 Å². The van der Waals surface area contributed by atoms with E-state index in [-0.39, 0.29) is 6.61 Å². The Morgan fingerprint density at radius 3 is 2.30 bits per heavy atom. The topological polar surface area (TPSA) is 64.6 Å². The Bertz CT molecular complexity index is 678. The molecular weight excluding hydrogens is 294 g/mol. The molecule has 1 N–H and O–H groups in total. The monoisotopic (exact) mass is 311 g/mol. The van der Waals surface area contributed by atoms with Crippen molar-refractivity contribution < 1.29 is 19.1 Å². The number of anilines is 1. The van der Waals surface area contributed by atoms with Gasteiger partial charge in [0.25, 0.3) is 5.91 Å². The number of rotatable bonds is 6. The van der Waals surface area contributed by atoms with Crippen molar-refractivity contribution >= 4 is 17.6 Å². The number of benzene rings is 2. The molecule has 1 amide bonds. The number of hydrogen-bond donors (Lipinski definition) is 1. The van der Waals surface area contributed by atoms with Crippen molar-refractivity contribution in [2.75, 3.05) is 11.9 Å². The summed E-state index contributed by atoms with van der Waals surface area (Å²) in [5.74, 6) is 0.447. The van der Waals surface area contributed by atoms with E-state index in [0.717, 1.165) is 5.75 Å². The minimum atomic E-state index is -0.547. The van der Waals surface area contributed by atoms with Gasteiger partial charge >= 0.3 is 5.97 Å². The number of para-hydroxylation sites is 1. The van der Waals surface area contributed by atoms with Gasteiger partial charge in [-0.1, -0.05) is 24.3 Å². The van der Waals surface area contributed by atoms with Crippen LogP contribution in [0.3, 0.4) is 0 Å². The SMILES string of the molecule is C/C=C/C(=O)OCC(=O)Nc1ccc(Oc2ccccc2)cc1. The van der Waals surface area contributed by atoms with Gasteiger partial charge < -0.3 is 14.8 Å². The van der Waals surface area contributed by atoms with Gasteiger partial charge in [0.15, 0.2) is 6.61 Å². The summed E-state index contributed by atoms with van der Waals surface area (Å²) in [4.78, 5) is 22.8. The number of allylic oxidation sites excluding steroid dienone is 1. The first-order valence-electron chi connectivity index (χ1n) is 7.09. The Hall–Kier alpha value is -3.08. The molecule has 0 heterocycles. The molecule has 118 valence electrons. The number of esters is 1. The van der Waals surface area contributed by atoms with Crippen LogP contribution >= 0.6 is 0 Å². The molecule has 0 saturated carbocycles. The molecule has 0 aromatic heterocycles. The average Bonchev–Trinajstić information content (AvgIpc) is 2.56. The summed E-state index contributed by atoms with van der Waals surface area (Å²) in [7, 11) is 0. The molecule has 0 bridgehead atoms. The Morgan fingerprint density at radius 2 is 1.65 bits per heavy atom. The Labute approximate surface area is 134 Å². The quantitative estimate of drug-likeness (QED) is 0.654. The van der Waals surface area contributed by atoms with Crippen LogP contribution in [0.25, 0.3) is 0 Å². The summed E-state index contributed by atoms with van der Waals surface area (Å²) in [5.41, 5.74) is 0.595. The fraction of sp³-hybridized carbons (Fsp3) is 0.111. The minimum Gasteiger partial charge on any atom is -0.457 e. The molecule has 2 rings (SSSR count). The fourth-order valence-corrected chi connectivity index (χ4v) is 1.75. The van der Waals surface area contributed by atoms with Crippen LogP contribution < -0.4 is 10.1 Å². The van der Waals surface area contributed by atoms with Crippen molar-refractivity contribution in [1.29, 1.82) is 0 Å². The Morgan fingerprint density at radius 1 is 1.00 bits per heavy atom. The fourth-order valence-electron chi connectivity index (χ4n) is 1.75. The van der Waals surface area contributed by atoms with Crippen molar-refractivity contribution in [2.24, 2.45) is 0 Å². The van der Waals surface area contributed by atoms with Crippen molar-refractivity contribution in [3.05, 3.63) is 66.7 Å². The third-order valence-corrected chi connectivity index (χ3v) is 2.77. The van der Waals surface area contributed by atoms with Gasteiger partial charge in [0.05, 0.1) is 0 Å². The lowest BCUT2D eigenvalue weighted by Gasteiger charge is -2.08. The van der Waals surface area contributed by atoms with E-state index in [2.05, 4.69) is 5.32 Å². The molecule has 0 spiro atoms. The van der Waals surface area contributed by atoms with E-state index in [1.165, 1.54) is 6.08 Å². The molecule has 23 heavy (non-hydrogen) atoms. The summed E-state index contributed by atoms with van der Waals surface area (Å²) in [6.45, 7) is 1.37. The molecule has 5 nitrogen and oxygen atoms in total. The molecule has 0 fully saturated rings. The van der Waals surface area contributed by atoms with Crippen molar-refractivity contribution in [1.82, 2.24) is 0 Å². The average molecular weight is 311 g/mol. The highest BCUT2D eigenvalue weighted by Crippen LogP contribution is 2.22. The van der Waals surface area contributed by atoms with E-state index in [1.54, 1.807) is 37.3 Å². The van der Waals surface area contributed by atoms with E-state index in [9.17, 15) is 9.59 Å². The third-order valence-electron chi connectivity index (χ3n) is 2.77. The van der Waals surface area contributed by atoms with Gasteiger partial charge in [0.1, 0.15) is 11.5 Å². The van der Waals surface area contributed by atoms with Crippen LogP contribution in [-0.2, 0) is 14.3 Å². The standard InChI is InChI=1S/C18H17NO4/c1-2-6-18(21)22-13-17(20)19-14-9-11-16(12-10-14)23-15-7-4-3-5-8-15/h2-12H,13H2,1H3,(H,19,20)/b6-2+. The molecule has 0 aliphatic rings. The van der Waals surface area contributed by atoms with E-state index in [4.69, 9.17) is 9.47 Å². The van der Waals surface area contributed by atoms with Gasteiger partial charge in [0, 0.05) is 11.8 Å². The maximum absolute atomic E-state index is 11.7. The summed E-state index contributed by atoms with van der Waals surface area (Å²) in [6, 6.07) is 16.3. The molecule has 0 aliphatic heterocycles. The van der Waals surface area contributed by atoms with E-state index >= 15 is 0 Å². The zero-order valence-electron chi connectivity index (χ0n) is 12.7.